The van der Waals surface area contributed by atoms with Crippen LogP contribution >= 0.6 is 11.3 Å². The molecule has 0 unspecified atom stereocenters. The summed E-state index contributed by atoms with van der Waals surface area (Å²) in [7, 11) is 0. The van der Waals surface area contributed by atoms with Crippen molar-refractivity contribution in [2.75, 3.05) is 5.32 Å². The number of anilines is 1. The molecule has 0 spiro atoms. The zero-order chi connectivity index (χ0) is 18.1. The number of nitrogens with one attached hydrogen (secondary N) is 1. The van der Waals surface area contributed by atoms with Crippen LogP contribution < -0.4 is 10.9 Å². The molecule has 2 aromatic heterocycles. The van der Waals surface area contributed by atoms with Crippen LogP contribution in [0.3, 0.4) is 0 Å². The highest BCUT2D eigenvalue weighted by Crippen LogP contribution is 2.34. The number of fused-ring (bicyclic) bond motifs is 3. The van der Waals surface area contributed by atoms with Crippen molar-refractivity contribution in [1.29, 1.82) is 0 Å². The SMILES string of the molecule is C=CCn1c(NCc2cccc(C)c2)nc2sc3c(c2c1=O)CCCC3. The van der Waals surface area contributed by atoms with Crippen LogP contribution in [0, 0.1) is 6.92 Å². The quantitative estimate of drug-likeness (QED) is 0.680. The molecule has 0 amide bonds. The highest BCUT2D eigenvalue weighted by molar-refractivity contribution is 7.18. The van der Waals surface area contributed by atoms with E-state index in [-0.39, 0.29) is 5.56 Å². The second-order valence-electron chi connectivity index (χ2n) is 6.87. The van der Waals surface area contributed by atoms with E-state index in [9.17, 15) is 4.79 Å². The van der Waals surface area contributed by atoms with E-state index in [2.05, 4.69) is 37.0 Å². The smallest absolute Gasteiger partial charge is 0.264 e. The van der Waals surface area contributed by atoms with Gasteiger partial charge in [0, 0.05) is 18.0 Å². The predicted octanol–water partition coefficient (Wildman–Crippen LogP) is 4.44. The summed E-state index contributed by atoms with van der Waals surface area (Å²) in [4.78, 5) is 20.2. The first-order valence-electron chi connectivity index (χ1n) is 9.13. The Labute approximate surface area is 157 Å². The van der Waals surface area contributed by atoms with Crippen LogP contribution in [0.2, 0.25) is 0 Å². The summed E-state index contributed by atoms with van der Waals surface area (Å²) in [5.74, 6) is 0.627. The second-order valence-corrected chi connectivity index (χ2v) is 7.96. The molecule has 0 atom stereocenters. The molecule has 4 nitrogen and oxygen atoms in total. The van der Waals surface area contributed by atoms with Gasteiger partial charge in [0.15, 0.2) is 0 Å². The number of allylic oxidation sites excluding steroid dienone is 1. The Bertz CT molecular complexity index is 1030. The van der Waals surface area contributed by atoms with Crippen LogP contribution in [0.25, 0.3) is 10.2 Å². The van der Waals surface area contributed by atoms with E-state index in [1.54, 1.807) is 22.0 Å². The van der Waals surface area contributed by atoms with Gasteiger partial charge in [-0.1, -0.05) is 35.9 Å². The molecule has 1 N–H and O–H groups in total. The van der Waals surface area contributed by atoms with Gasteiger partial charge in [-0.3, -0.25) is 9.36 Å². The Morgan fingerprint density at radius 1 is 1.35 bits per heavy atom. The number of thiophene rings is 1. The minimum Gasteiger partial charge on any atom is -0.351 e. The number of nitrogens with zero attached hydrogens (tertiary/aromatic N) is 2. The molecule has 4 rings (SSSR count). The van der Waals surface area contributed by atoms with Crippen molar-refractivity contribution in [2.24, 2.45) is 0 Å². The van der Waals surface area contributed by atoms with Crippen LogP contribution in [0.15, 0.2) is 41.7 Å². The minimum atomic E-state index is 0.0565. The van der Waals surface area contributed by atoms with Gasteiger partial charge in [-0.15, -0.1) is 17.9 Å². The third-order valence-corrected chi connectivity index (χ3v) is 6.11. The molecule has 0 bridgehead atoms. The molecule has 0 aliphatic heterocycles. The van der Waals surface area contributed by atoms with Crippen LogP contribution in [0.1, 0.15) is 34.4 Å². The van der Waals surface area contributed by atoms with Crippen LogP contribution in [0.5, 0.6) is 0 Å². The number of hydrogen-bond donors (Lipinski definition) is 1. The fourth-order valence-electron chi connectivity index (χ4n) is 3.68. The first-order valence-corrected chi connectivity index (χ1v) is 9.94. The normalized spacial score (nSPS) is 13.6. The molecule has 0 fully saturated rings. The molecule has 3 aromatic rings. The summed E-state index contributed by atoms with van der Waals surface area (Å²) in [6.45, 7) is 6.99. The van der Waals surface area contributed by atoms with Crippen molar-refractivity contribution in [3.05, 3.63) is 68.8 Å². The van der Waals surface area contributed by atoms with Gasteiger partial charge in [0.2, 0.25) is 5.95 Å². The standard InChI is InChI=1S/C21H23N3OS/c1-3-11-24-20(25)18-16-9-4-5-10-17(16)26-19(18)23-21(24)22-13-15-8-6-7-14(2)12-15/h3,6-8,12H,1,4-5,9-11,13H2,2H3,(H,22,23). The summed E-state index contributed by atoms with van der Waals surface area (Å²) in [5, 5.41) is 4.19. The fourth-order valence-corrected chi connectivity index (χ4v) is 4.93. The molecule has 0 saturated carbocycles. The molecular weight excluding hydrogens is 342 g/mol. The van der Waals surface area contributed by atoms with Crippen molar-refractivity contribution in [1.82, 2.24) is 9.55 Å². The molecular formula is C21H23N3OS. The monoisotopic (exact) mass is 365 g/mol. The number of aryl methyl sites for hydroxylation is 3. The first kappa shape index (κ1) is 17.0. The molecule has 5 heteroatoms. The predicted molar refractivity (Wildman–Crippen MR) is 109 cm³/mol. The Morgan fingerprint density at radius 3 is 3.00 bits per heavy atom. The van der Waals surface area contributed by atoms with Gasteiger partial charge in [-0.25, -0.2) is 4.98 Å². The summed E-state index contributed by atoms with van der Waals surface area (Å²) in [6, 6.07) is 8.36. The van der Waals surface area contributed by atoms with Gasteiger partial charge in [-0.05, 0) is 43.7 Å². The molecule has 1 aromatic carbocycles. The van der Waals surface area contributed by atoms with E-state index in [0.717, 1.165) is 29.5 Å². The van der Waals surface area contributed by atoms with Crippen molar-refractivity contribution in [2.45, 2.75) is 45.7 Å². The van der Waals surface area contributed by atoms with Gasteiger partial charge < -0.3 is 5.32 Å². The van der Waals surface area contributed by atoms with Crippen LogP contribution in [0.4, 0.5) is 5.95 Å². The van der Waals surface area contributed by atoms with Gasteiger partial charge in [0.25, 0.3) is 5.56 Å². The molecule has 26 heavy (non-hydrogen) atoms. The lowest BCUT2D eigenvalue weighted by atomic mass is 9.97. The molecule has 0 radical (unpaired) electrons. The van der Waals surface area contributed by atoms with E-state index in [1.165, 1.54) is 28.0 Å². The first-order chi connectivity index (χ1) is 12.7. The van der Waals surface area contributed by atoms with E-state index in [4.69, 9.17) is 4.98 Å². The van der Waals surface area contributed by atoms with Crippen LogP contribution in [-0.4, -0.2) is 9.55 Å². The number of benzene rings is 1. The Kier molecular flexibility index (Phi) is 4.64. The summed E-state index contributed by atoms with van der Waals surface area (Å²) in [6.07, 6.45) is 6.19. The van der Waals surface area contributed by atoms with Crippen molar-refractivity contribution in [3.8, 4) is 0 Å². The van der Waals surface area contributed by atoms with Crippen LogP contribution in [-0.2, 0) is 25.9 Å². The number of rotatable bonds is 5. The Balaban J connectivity index is 1.76. The lowest BCUT2D eigenvalue weighted by Gasteiger charge is -2.14. The van der Waals surface area contributed by atoms with Gasteiger partial charge in [0.05, 0.1) is 5.39 Å². The van der Waals surface area contributed by atoms with Crippen molar-refractivity contribution < 1.29 is 0 Å². The van der Waals surface area contributed by atoms with Gasteiger partial charge >= 0.3 is 0 Å². The minimum absolute atomic E-state index is 0.0565. The zero-order valence-corrected chi connectivity index (χ0v) is 15.9. The summed E-state index contributed by atoms with van der Waals surface area (Å²) < 4.78 is 1.72. The molecule has 134 valence electrons. The number of hydrogen-bond acceptors (Lipinski definition) is 4. The van der Waals surface area contributed by atoms with Crippen molar-refractivity contribution >= 4 is 27.5 Å². The molecule has 2 heterocycles. The van der Waals surface area contributed by atoms with E-state index >= 15 is 0 Å². The maximum absolute atomic E-state index is 13.2. The fraction of sp³-hybridized carbons (Fsp3) is 0.333. The Hall–Kier alpha value is -2.40. The summed E-state index contributed by atoms with van der Waals surface area (Å²) >= 11 is 1.69. The Morgan fingerprint density at radius 2 is 2.19 bits per heavy atom. The van der Waals surface area contributed by atoms with Gasteiger partial charge in [-0.2, -0.15) is 0 Å². The average Bonchev–Trinajstić information content (AvgIpc) is 3.01. The van der Waals surface area contributed by atoms with E-state index in [1.807, 2.05) is 6.07 Å². The van der Waals surface area contributed by atoms with Crippen molar-refractivity contribution in [3.63, 3.8) is 0 Å². The maximum atomic E-state index is 13.2. The number of aromatic nitrogens is 2. The average molecular weight is 366 g/mol. The summed E-state index contributed by atoms with van der Waals surface area (Å²) in [5.41, 5.74) is 3.69. The third kappa shape index (κ3) is 3.07. The molecule has 1 aliphatic rings. The molecule has 0 saturated heterocycles. The second kappa shape index (κ2) is 7.08. The topological polar surface area (TPSA) is 46.9 Å². The van der Waals surface area contributed by atoms with E-state index in [0.29, 0.717) is 19.0 Å². The molecule has 1 aliphatic carbocycles. The van der Waals surface area contributed by atoms with Gasteiger partial charge in [0.1, 0.15) is 4.83 Å². The third-order valence-electron chi connectivity index (χ3n) is 4.92. The lowest BCUT2D eigenvalue weighted by molar-refractivity contribution is 0.698. The highest BCUT2D eigenvalue weighted by Gasteiger charge is 2.21. The highest BCUT2D eigenvalue weighted by atomic mass is 32.1. The lowest BCUT2D eigenvalue weighted by Crippen LogP contribution is -2.25. The largest absolute Gasteiger partial charge is 0.351 e. The zero-order valence-electron chi connectivity index (χ0n) is 15.0. The maximum Gasteiger partial charge on any atom is 0.264 e. The van der Waals surface area contributed by atoms with E-state index < -0.39 is 0 Å².